The lowest BCUT2D eigenvalue weighted by molar-refractivity contribution is -0.144. The van der Waals surface area contributed by atoms with Crippen molar-refractivity contribution in [2.45, 2.75) is 51.0 Å². The average molecular weight is 682 g/mol. The number of anilines is 1. The maximum absolute atomic E-state index is 14.7. The van der Waals surface area contributed by atoms with Gasteiger partial charge in [-0.05, 0) is 32.0 Å². The molecule has 0 atom stereocenters. The lowest BCUT2D eigenvalue weighted by Gasteiger charge is -2.32. The molecule has 2 aliphatic rings. The minimum Gasteiger partial charge on any atom is -0.464 e. The van der Waals surface area contributed by atoms with Crippen LogP contribution in [0.4, 0.5) is 14.5 Å². The Morgan fingerprint density at radius 3 is 2.58 bits per heavy atom. The fourth-order valence-corrected chi connectivity index (χ4v) is 6.57. The van der Waals surface area contributed by atoms with Crippen molar-refractivity contribution in [3.63, 3.8) is 0 Å². The number of carbonyl (C=O) groups is 3. The third kappa shape index (κ3) is 8.17. The number of rotatable bonds is 11. The van der Waals surface area contributed by atoms with Crippen LogP contribution in [0.25, 0.3) is 22.0 Å². The summed E-state index contributed by atoms with van der Waals surface area (Å²) in [5.74, 6) is -3.03. The molecule has 13 nitrogen and oxygen atoms in total. The highest BCUT2D eigenvalue weighted by Crippen LogP contribution is 2.34. The van der Waals surface area contributed by atoms with Gasteiger partial charge in [-0.2, -0.15) is 14.6 Å². The van der Waals surface area contributed by atoms with Gasteiger partial charge in [0.15, 0.2) is 5.82 Å². The van der Waals surface area contributed by atoms with Gasteiger partial charge in [0.2, 0.25) is 11.9 Å². The molecule has 1 saturated carbocycles. The molecule has 0 bridgehead atoms. The van der Waals surface area contributed by atoms with Gasteiger partial charge in [-0.25, -0.2) is 19.0 Å². The molecule has 1 aliphatic carbocycles. The maximum atomic E-state index is 14.7. The number of halogens is 2. The van der Waals surface area contributed by atoms with Crippen molar-refractivity contribution >= 4 is 34.8 Å². The SMILES string of the molecule is CN1CCN(CCOC(=O)CCC(=O)n2cc(-c3nc(C(=O)Nc4cn(C5CCCCC5)nc4-c4nc(F)ccc4F)cs3)cn2)CC1. The van der Waals surface area contributed by atoms with Gasteiger partial charge in [-0.1, -0.05) is 19.3 Å². The van der Waals surface area contributed by atoms with Crippen molar-refractivity contribution in [3.8, 4) is 22.0 Å². The molecule has 0 radical (unpaired) electrons. The summed E-state index contributed by atoms with van der Waals surface area (Å²) in [6, 6.07) is 1.97. The molecule has 0 spiro atoms. The normalized spacial score (nSPS) is 16.2. The summed E-state index contributed by atoms with van der Waals surface area (Å²) in [5, 5.41) is 13.4. The first-order valence-electron chi connectivity index (χ1n) is 16.1. The number of ether oxygens (including phenoxy) is 1. The van der Waals surface area contributed by atoms with Crippen LogP contribution < -0.4 is 5.32 Å². The van der Waals surface area contributed by atoms with Crippen LogP contribution in [0, 0.1) is 11.8 Å². The van der Waals surface area contributed by atoms with E-state index in [0.29, 0.717) is 17.1 Å². The number of hydrogen-bond acceptors (Lipinski definition) is 11. The van der Waals surface area contributed by atoms with Crippen LogP contribution in [-0.4, -0.2) is 103 Å². The van der Waals surface area contributed by atoms with Crippen LogP contribution in [0.15, 0.2) is 36.1 Å². The molecule has 1 aliphatic heterocycles. The molecule has 16 heteroatoms. The van der Waals surface area contributed by atoms with Crippen LogP contribution in [-0.2, 0) is 9.53 Å². The minimum atomic E-state index is -0.865. The second-order valence-corrected chi connectivity index (χ2v) is 12.9. The Kier molecular flexibility index (Phi) is 10.6. The van der Waals surface area contributed by atoms with E-state index in [9.17, 15) is 23.2 Å². The summed E-state index contributed by atoms with van der Waals surface area (Å²) in [6.45, 7) is 4.78. The molecule has 1 N–H and O–H groups in total. The van der Waals surface area contributed by atoms with Crippen LogP contribution in [0.1, 0.15) is 66.3 Å². The van der Waals surface area contributed by atoms with E-state index in [1.807, 2.05) is 0 Å². The number of nitrogens with one attached hydrogen (secondary N) is 1. The zero-order valence-electron chi connectivity index (χ0n) is 26.6. The van der Waals surface area contributed by atoms with Gasteiger partial charge < -0.3 is 15.0 Å². The van der Waals surface area contributed by atoms with Crippen molar-refractivity contribution in [1.29, 1.82) is 0 Å². The Hall–Kier alpha value is -4.41. The standard InChI is InChI=1S/C32H37F2N9O4S/c1-40-11-13-41(14-12-40)15-16-47-28(45)10-9-27(44)43-18-21(17-35-43)32-37-25(20-48-32)31(46)36-24-19-42(22-5-3-2-4-6-22)39-30(24)29-23(33)7-8-26(34)38-29/h7-8,17-20,22H,2-6,9-16H2,1H3,(H,36,46). The molecule has 4 aromatic heterocycles. The molecule has 0 aromatic carbocycles. The third-order valence-corrected chi connectivity index (χ3v) is 9.49. The van der Waals surface area contributed by atoms with Gasteiger partial charge in [0.25, 0.3) is 5.91 Å². The van der Waals surface area contributed by atoms with Gasteiger partial charge in [0.05, 0.1) is 24.3 Å². The first kappa shape index (κ1) is 33.5. The molecule has 2 fully saturated rings. The van der Waals surface area contributed by atoms with Gasteiger partial charge in [0.1, 0.15) is 28.7 Å². The van der Waals surface area contributed by atoms with Crippen LogP contribution in [0.2, 0.25) is 0 Å². The number of aromatic nitrogens is 6. The minimum absolute atomic E-state index is 0.0279. The third-order valence-electron chi connectivity index (χ3n) is 8.60. The Labute approximate surface area is 279 Å². The van der Waals surface area contributed by atoms with Crippen molar-refractivity contribution in [3.05, 3.63) is 53.6 Å². The molecule has 6 rings (SSSR count). The zero-order valence-corrected chi connectivity index (χ0v) is 27.4. The van der Waals surface area contributed by atoms with E-state index < -0.39 is 23.6 Å². The molecule has 0 unspecified atom stereocenters. The van der Waals surface area contributed by atoms with E-state index in [2.05, 4.69) is 42.3 Å². The molecular formula is C32H37F2N9O4S. The molecule has 1 amide bonds. The van der Waals surface area contributed by atoms with E-state index >= 15 is 0 Å². The lowest BCUT2D eigenvalue weighted by Crippen LogP contribution is -2.45. The Bertz CT molecular complexity index is 1760. The number of amides is 1. The topological polar surface area (TPSA) is 140 Å². The molecule has 4 aromatic rings. The average Bonchev–Trinajstić information content (AvgIpc) is 3.87. The molecule has 1 saturated heterocycles. The van der Waals surface area contributed by atoms with Gasteiger partial charge in [-0.15, -0.1) is 11.3 Å². The van der Waals surface area contributed by atoms with Crippen molar-refractivity contribution < 1.29 is 27.9 Å². The highest BCUT2D eigenvalue weighted by atomic mass is 32.1. The number of carbonyl (C=O) groups excluding carboxylic acids is 3. The number of esters is 1. The van der Waals surface area contributed by atoms with E-state index in [-0.39, 0.29) is 54.2 Å². The summed E-state index contributed by atoms with van der Waals surface area (Å²) in [7, 11) is 2.08. The number of hydrogen-bond donors (Lipinski definition) is 1. The highest BCUT2D eigenvalue weighted by Gasteiger charge is 2.25. The Balaban J connectivity index is 1.06. The quantitative estimate of drug-likeness (QED) is 0.178. The Morgan fingerprint density at radius 2 is 1.79 bits per heavy atom. The van der Waals surface area contributed by atoms with E-state index in [0.717, 1.165) is 75.1 Å². The largest absolute Gasteiger partial charge is 0.464 e. The number of pyridine rings is 1. The molecular weight excluding hydrogens is 644 g/mol. The smallest absolute Gasteiger partial charge is 0.306 e. The summed E-state index contributed by atoms with van der Waals surface area (Å²) in [5.41, 5.74) is 0.514. The van der Waals surface area contributed by atoms with Gasteiger partial charge in [0, 0.05) is 62.5 Å². The second kappa shape index (κ2) is 15.2. The highest BCUT2D eigenvalue weighted by molar-refractivity contribution is 7.13. The van der Waals surface area contributed by atoms with E-state index in [4.69, 9.17) is 4.74 Å². The lowest BCUT2D eigenvalue weighted by atomic mass is 9.96. The number of piperazine rings is 1. The van der Waals surface area contributed by atoms with Crippen molar-refractivity contribution in [2.24, 2.45) is 0 Å². The monoisotopic (exact) mass is 681 g/mol. The first-order valence-corrected chi connectivity index (χ1v) is 16.9. The van der Waals surface area contributed by atoms with E-state index in [1.165, 1.54) is 23.7 Å². The van der Waals surface area contributed by atoms with Crippen LogP contribution in [0.5, 0.6) is 0 Å². The van der Waals surface area contributed by atoms with E-state index in [1.54, 1.807) is 16.3 Å². The summed E-state index contributed by atoms with van der Waals surface area (Å²) in [4.78, 5) is 50.8. The van der Waals surface area contributed by atoms with Crippen LogP contribution >= 0.6 is 11.3 Å². The van der Waals surface area contributed by atoms with Gasteiger partial charge in [-0.3, -0.25) is 24.0 Å². The summed E-state index contributed by atoms with van der Waals surface area (Å²) in [6.07, 6.45) is 9.40. The fourth-order valence-electron chi connectivity index (χ4n) is 5.80. The first-order chi connectivity index (χ1) is 23.2. The number of nitrogens with zero attached hydrogens (tertiary/aromatic N) is 8. The zero-order chi connectivity index (χ0) is 33.6. The van der Waals surface area contributed by atoms with Gasteiger partial charge >= 0.3 is 5.97 Å². The number of thiazole rings is 1. The summed E-state index contributed by atoms with van der Waals surface area (Å²) < 4.78 is 36.9. The number of likely N-dealkylation sites (N-methyl/N-ethyl adjacent to an activating group) is 1. The molecule has 48 heavy (non-hydrogen) atoms. The fraction of sp³-hybridized carbons (Fsp3) is 0.469. The summed E-state index contributed by atoms with van der Waals surface area (Å²) >= 11 is 1.18. The second-order valence-electron chi connectivity index (χ2n) is 12.1. The van der Waals surface area contributed by atoms with Crippen LogP contribution in [0.3, 0.4) is 0 Å². The molecule has 5 heterocycles. The van der Waals surface area contributed by atoms with Crippen molar-refractivity contribution in [2.75, 3.05) is 51.7 Å². The molecule has 254 valence electrons. The van der Waals surface area contributed by atoms with Crippen molar-refractivity contribution in [1.82, 2.24) is 39.3 Å². The predicted octanol–water partition coefficient (Wildman–Crippen LogP) is 4.51. The predicted molar refractivity (Wildman–Crippen MR) is 174 cm³/mol. The Morgan fingerprint density at radius 1 is 1.00 bits per heavy atom. The maximum Gasteiger partial charge on any atom is 0.306 e.